The van der Waals surface area contributed by atoms with Crippen LogP contribution in [0.4, 0.5) is 11.4 Å². The third-order valence-electron chi connectivity index (χ3n) is 6.01. The molecule has 2 aromatic carbocycles. The lowest BCUT2D eigenvalue weighted by Gasteiger charge is -2.36. The van der Waals surface area contributed by atoms with Crippen molar-refractivity contribution in [2.75, 3.05) is 49.1 Å². The van der Waals surface area contributed by atoms with Crippen LogP contribution < -0.4 is 9.80 Å². The average Bonchev–Trinajstić information content (AvgIpc) is 2.73. The molecule has 1 amide bonds. The van der Waals surface area contributed by atoms with Crippen LogP contribution >= 0.6 is 0 Å². The molecule has 2 aliphatic rings. The molecule has 0 unspecified atom stereocenters. The maximum atomic E-state index is 12.9. The molecule has 0 saturated carbocycles. The van der Waals surface area contributed by atoms with E-state index in [0.717, 1.165) is 62.4 Å². The molecule has 29 heavy (non-hydrogen) atoms. The molecule has 152 valence electrons. The van der Waals surface area contributed by atoms with Gasteiger partial charge in [0.2, 0.25) is 5.91 Å². The summed E-state index contributed by atoms with van der Waals surface area (Å²) in [4.78, 5) is 31.2. The molecule has 0 aliphatic carbocycles. The molecule has 0 bridgehead atoms. The van der Waals surface area contributed by atoms with Gasteiger partial charge in [-0.3, -0.25) is 14.5 Å². The smallest absolute Gasteiger partial charge is 0.223 e. The predicted molar refractivity (Wildman–Crippen MR) is 117 cm³/mol. The van der Waals surface area contributed by atoms with Crippen molar-refractivity contribution >= 4 is 23.1 Å². The number of ketones is 1. The number of carbonyl (C=O) groups excluding carboxylic acids is 2. The molecule has 2 aliphatic heterocycles. The highest BCUT2D eigenvalue weighted by Crippen LogP contribution is 2.28. The second-order valence-corrected chi connectivity index (χ2v) is 8.14. The van der Waals surface area contributed by atoms with Crippen LogP contribution in [0.5, 0.6) is 0 Å². The Morgan fingerprint density at radius 3 is 2.48 bits per heavy atom. The summed E-state index contributed by atoms with van der Waals surface area (Å²) in [5.74, 6) is 0.230. The molecular formula is C24H29N3O2. The van der Waals surface area contributed by atoms with Gasteiger partial charge in [0, 0.05) is 56.6 Å². The first kappa shape index (κ1) is 19.6. The number of Topliss-reactive ketones (excluding diaryl/α,β-unsaturated/α-hetero) is 1. The molecule has 0 aromatic heterocycles. The van der Waals surface area contributed by atoms with Gasteiger partial charge < -0.3 is 9.80 Å². The Hall–Kier alpha value is -2.66. The first-order chi connectivity index (χ1) is 14.0. The topological polar surface area (TPSA) is 43.9 Å². The van der Waals surface area contributed by atoms with Crippen LogP contribution in [0.1, 0.15) is 34.8 Å². The Balaban J connectivity index is 1.37. The molecule has 2 aromatic rings. The minimum Gasteiger partial charge on any atom is -0.369 e. The number of benzene rings is 2. The minimum absolute atomic E-state index is 0.0662. The highest BCUT2D eigenvalue weighted by atomic mass is 16.2. The Morgan fingerprint density at radius 1 is 0.966 bits per heavy atom. The largest absolute Gasteiger partial charge is 0.369 e. The zero-order chi connectivity index (χ0) is 20.4. The zero-order valence-corrected chi connectivity index (χ0v) is 17.4. The van der Waals surface area contributed by atoms with E-state index < -0.39 is 0 Å². The first-order valence-corrected chi connectivity index (χ1v) is 10.5. The molecule has 5 nitrogen and oxygen atoms in total. The van der Waals surface area contributed by atoms with Gasteiger partial charge in [0.15, 0.2) is 5.78 Å². The van der Waals surface area contributed by atoms with Crippen LogP contribution in [-0.2, 0) is 11.2 Å². The second-order valence-electron chi connectivity index (χ2n) is 8.14. The summed E-state index contributed by atoms with van der Waals surface area (Å²) in [6.45, 7) is 8.60. The highest BCUT2D eigenvalue weighted by Gasteiger charge is 2.23. The zero-order valence-electron chi connectivity index (χ0n) is 17.4. The lowest BCUT2D eigenvalue weighted by atomic mass is 9.97. The van der Waals surface area contributed by atoms with Crippen LogP contribution in [0.25, 0.3) is 0 Å². The normalized spacial score (nSPS) is 17.2. The number of hydrogen-bond donors (Lipinski definition) is 0. The van der Waals surface area contributed by atoms with Gasteiger partial charge in [0.25, 0.3) is 0 Å². The fourth-order valence-electron chi connectivity index (χ4n) is 4.38. The monoisotopic (exact) mass is 391 g/mol. The SMILES string of the molecule is CC(=O)N1CCCc2cc(C(=O)CN3CCN(c4cccc(C)c4)CC3)ccc21. The fourth-order valence-corrected chi connectivity index (χ4v) is 4.38. The van der Waals surface area contributed by atoms with E-state index in [2.05, 4.69) is 41.0 Å². The van der Waals surface area contributed by atoms with Crippen molar-refractivity contribution in [1.82, 2.24) is 4.90 Å². The van der Waals surface area contributed by atoms with Crippen molar-refractivity contribution in [2.45, 2.75) is 26.7 Å². The molecule has 2 heterocycles. The Labute approximate surface area is 172 Å². The van der Waals surface area contributed by atoms with Crippen LogP contribution in [0.15, 0.2) is 42.5 Å². The number of rotatable bonds is 4. The molecule has 1 fully saturated rings. The molecule has 1 saturated heterocycles. The van der Waals surface area contributed by atoms with E-state index in [1.54, 1.807) is 6.92 Å². The summed E-state index contributed by atoms with van der Waals surface area (Å²) < 4.78 is 0. The lowest BCUT2D eigenvalue weighted by Crippen LogP contribution is -2.48. The van der Waals surface area contributed by atoms with Crippen LogP contribution in [0.2, 0.25) is 0 Å². The van der Waals surface area contributed by atoms with Crippen LogP contribution in [0.3, 0.4) is 0 Å². The van der Waals surface area contributed by atoms with Gasteiger partial charge in [0.1, 0.15) is 0 Å². The van der Waals surface area contributed by atoms with Crippen molar-refractivity contribution < 1.29 is 9.59 Å². The summed E-state index contributed by atoms with van der Waals surface area (Å²) in [6, 6.07) is 14.4. The van der Waals surface area contributed by atoms with E-state index in [4.69, 9.17) is 0 Å². The third kappa shape index (κ3) is 4.35. The fraction of sp³-hybridized carbons (Fsp3) is 0.417. The number of aryl methyl sites for hydroxylation is 2. The van der Waals surface area contributed by atoms with Crippen molar-refractivity contribution in [2.24, 2.45) is 0 Å². The number of amides is 1. The molecular weight excluding hydrogens is 362 g/mol. The van der Waals surface area contributed by atoms with Crippen molar-refractivity contribution in [1.29, 1.82) is 0 Å². The molecule has 0 spiro atoms. The van der Waals surface area contributed by atoms with E-state index in [9.17, 15) is 9.59 Å². The van der Waals surface area contributed by atoms with Gasteiger partial charge in [0.05, 0.1) is 6.54 Å². The van der Waals surface area contributed by atoms with Crippen molar-refractivity contribution in [3.05, 3.63) is 59.2 Å². The van der Waals surface area contributed by atoms with E-state index in [-0.39, 0.29) is 11.7 Å². The Kier molecular flexibility index (Phi) is 5.67. The third-order valence-corrected chi connectivity index (χ3v) is 6.01. The van der Waals surface area contributed by atoms with E-state index >= 15 is 0 Å². The van der Waals surface area contributed by atoms with Crippen LogP contribution in [-0.4, -0.2) is 55.9 Å². The standard InChI is InChI=1S/C24H29N3O2/c1-18-5-3-7-22(15-18)26-13-11-25(12-14-26)17-24(29)21-8-9-23-20(16-21)6-4-10-27(23)19(2)28/h3,5,7-9,15-16H,4,6,10-14,17H2,1-2H3. The highest BCUT2D eigenvalue weighted by molar-refractivity contribution is 5.99. The summed E-state index contributed by atoms with van der Waals surface area (Å²) in [5.41, 5.74) is 5.38. The van der Waals surface area contributed by atoms with E-state index in [1.165, 1.54) is 11.3 Å². The van der Waals surface area contributed by atoms with Gasteiger partial charge in [-0.15, -0.1) is 0 Å². The van der Waals surface area contributed by atoms with Gasteiger partial charge in [-0.25, -0.2) is 0 Å². The summed E-state index contributed by atoms with van der Waals surface area (Å²) in [5, 5.41) is 0. The predicted octanol–water partition coefficient (Wildman–Crippen LogP) is 3.30. The van der Waals surface area contributed by atoms with Gasteiger partial charge in [-0.1, -0.05) is 12.1 Å². The summed E-state index contributed by atoms with van der Waals surface area (Å²) in [6.07, 6.45) is 1.88. The minimum atomic E-state index is 0.0662. The number of piperazine rings is 1. The average molecular weight is 392 g/mol. The second kappa shape index (κ2) is 8.37. The Bertz CT molecular complexity index is 916. The maximum Gasteiger partial charge on any atom is 0.223 e. The first-order valence-electron chi connectivity index (χ1n) is 10.5. The van der Waals surface area contributed by atoms with Gasteiger partial charge in [-0.2, -0.15) is 0 Å². The van der Waals surface area contributed by atoms with Crippen LogP contribution in [0, 0.1) is 6.92 Å². The molecule has 4 rings (SSSR count). The number of hydrogen-bond acceptors (Lipinski definition) is 4. The molecule has 5 heteroatoms. The van der Waals surface area contributed by atoms with Crippen molar-refractivity contribution in [3.8, 4) is 0 Å². The molecule has 0 radical (unpaired) electrons. The van der Waals surface area contributed by atoms with Gasteiger partial charge in [-0.05, 0) is 61.2 Å². The quantitative estimate of drug-likeness (QED) is 0.750. The molecule has 0 N–H and O–H groups in total. The number of carbonyl (C=O) groups is 2. The van der Waals surface area contributed by atoms with Crippen molar-refractivity contribution in [3.63, 3.8) is 0 Å². The van der Waals surface area contributed by atoms with E-state index in [0.29, 0.717) is 6.54 Å². The number of nitrogens with zero attached hydrogens (tertiary/aromatic N) is 3. The van der Waals surface area contributed by atoms with Gasteiger partial charge >= 0.3 is 0 Å². The number of fused-ring (bicyclic) bond motifs is 1. The summed E-state index contributed by atoms with van der Waals surface area (Å²) >= 11 is 0. The maximum absolute atomic E-state index is 12.9. The lowest BCUT2D eigenvalue weighted by molar-refractivity contribution is -0.116. The summed E-state index contributed by atoms with van der Waals surface area (Å²) in [7, 11) is 0. The van der Waals surface area contributed by atoms with E-state index in [1.807, 2.05) is 23.1 Å². The number of anilines is 2. The Morgan fingerprint density at radius 2 is 1.76 bits per heavy atom. The molecule has 0 atom stereocenters.